The van der Waals surface area contributed by atoms with Gasteiger partial charge in [-0.15, -0.1) is 0 Å². The van der Waals surface area contributed by atoms with Crippen LogP contribution in [0.5, 0.6) is 17.2 Å². The fourth-order valence-corrected chi connectivity index (χ4v) is 3.66. The standard InChI is InChI=1S/C18H15NO4S2/c1-22-14-8-3-11(15(10-14)23-2)9-16-17(21)19(18(24)25-16)12-4-6-13(20)7-5-12/h3-10,20H,1-2H3. The lowest BCUT2D eigenvalue weighted by Crippen LogP contribution is -2.27. The van der Waals surface area contributed by atoms with E-state index in [0.717, 1.165) is 5.56 Å². The van der Waals surface area contributed by atoms with Crippen LogP contribution in [0.2, 0.25) is 0 Å². The molecule has 5 nitrogen and oxygen atoms in total. The molecule has 1 aliphatic heterocycles. The predicted octanol–water partition coefficient (Wildman–Crippen LogP) is 3.82. The number of phenols is 1. The molecule has 0 unspecified atom stereocenters. The number of aromatic hydroxyl groups is 1. The molecule has 0 bridgehead atoms. The Morgan fingerprint density at radius 3 is 2.48 bits per heavy atom. The summed E-state index contributed by atoms with van der Waals surface area (Å²) in [4.78, 5) is 14.7. The highest BCUT2D eigenvalue weighted by molar-refractivity contribution is 8.27. The van der Waals surface area contributed by atoms with Crippen molar-refractivity contribution in [2.45, 2.75) is 0 Å². The van der Waals surface area contributed by atoms with Crippen LogP contribution in [0, 0.1) is 0 Å². The number of ether oxygens (including phenoxy) is 2. The first-order chi connectivity index (χ1) is 12.0. The van der Waals surface area contributed by atoms with Gasteiger partial charge in [-0.1, -0.05) is 24.0 Å². The highest BCUT2D eigenvalue weighted by Crippen LogP contribution is 2.38. The molecule has 1 N–H and O–H groups in total. The molecule has 1 amide bonds. The van der Waals surface area contributed by atoms with Crippen molar-refractivity contribution >= 4 is 46.0 Å². The molecule has 3 rings (SSSR count). The van der Waals surface area contributed by atoms with Crippen LogP contribution >= 0.6 is 24.0 Å². The van der Waals surface area contributed by atoms with E-state index in [-0.39, 0.29) is 11.7 Å². The summed E-state index contributed by atoms with van der Waals surface area (Å²) in [5, 5.41) is 9.40. The molecule has 0 aromatic heterocycles. The Hall–Kier alpha value is -2.51. The highest BCUT2D eigenvalue weighted by atomic mass is 32.2. The Kier molecular flexibility index (Phi) is 4.96. The molecule has 1 heterocycles. The van der Waals surface area contributed by atoms with Gasteiger partial charge in [0.15, 0.2) is 4.32 Å². The number of phenolic OH excluding ortho intramolecular Hbond substituents is 1. The number of thioether (sulfide) groups is 1. The maximum absolute atomic E-state index is 12.7. The minimum Gasteiger partial charge on any atom is -0.508 e. The molecule has 0 saturated carbocycles. The van der Waals surface area contributed by atoms with Crippen molar-refractivity contribution in [1.29, 1.82) is 0 Å². The van der Waals surface area contributed by atoms with Gasteiger partial charge in [-0.3, -0.25) is 9.69 Å². The Morgan fingerprint density at radius 2 is 1.84 bits per heavy atom. The van der Waals surface area contributed by atoms with Crippen molar-refractivity contribution in [2.75, 3.05) is 19.1 Å². The van der Waals surface area contributed by atoms with E-state index >= 15 is 0 Å². The summed E-state index contributed by atoms with van der Waals surface area (Å²) in [6, 6.07) is 11.7. The van der Waals surface area contributed by atoms with Gasteiger partial charge < -0.3 is 14.6 Å². The van der Waals surface area contributed by atoms with E-state index in [4.69, 9.17) is 21.7 Å². The summed E-state index contributed by atoms with van der Waals surface area (Å²) >= 11 is 6.56. The van der Waals surface area contributed by atoms with Crippen LogP contribution in [0.25, 0.3) is 6.08 Å². The third-order valence-corrected chi connectivity index (χ3v) is 4.93. The maximum Gasteiger partial charge on any atom is 0.270 e. The number of methoxy groups -OCH3 is 2. The Morgan fingerprint density at radius 1 is 1.12 bits per heavy atom. The van der Waals surface area contributed by atoms with Crippen LogP contribution in [0.4, 0.5) is 5.69 Å². The molecule has 0 radical (unpaired) electrons. The summed E-state index contributed by atoms with van der Waals surface area (Å²) in [5.74, 6) is 1.20. The molecular weight excluding hydrogens is 358 g/mol. The lowest BCUT2D eigenvalue weighted by molar-refractivity contribution is -0.113. The van der Waals surface area contributed by atoms with Crippen molar-refractivity contribution in [3.8, 4) is 17.2 Å². The van der Waals surface area contributed by atoms with Crippen molar-refractivity contribution in [3.05, 3.63) is 52.9 Å². The van der Waals surface area contributed by atoms with Gasteiger partial charge in [-0.05, 0) is 42.5 Å². The van der Waals surface area contributed by atoms with Crippen molar-refractivity contribution < 1.29 is 19.4 Å². The number of benzene rings is 2. The topological polar surface area (TPSA) is 59.0 Å². The van der Waals surface area contributed by atoms with Crippen LogP contribution in [-0.4, -0.2) is 29.6 Å². The van der Waals surface area contributed by atoms with Crippen LogP contribution in [0.3, 0.4) is 0 Å². The van der Waals surface area contributed by atoms with E-state index in [1.807, 2.05) is 6.07 Å². The Balaban J connectivity index is 1.94. The number of carbonyl (C=O) groups is 1. The van der Waals surface area contributed by atoms with E-state index in [1.165, 1.54) is 28.8 Å². The first kappa shape index (κ1) is 17.3. The van der Waals surface area contributed by atoms with Gasteiger partial charge >= 0.3 is 0 Å². The third kappa shape index (κ3) is 3.47. The molecule has 25 heavy (non-hydrogen) atoms. The average Bonchev–Trinajstić information content (AvgIpc) is 2.90. The molecule has 128 valence electrons. The van der Waals surface area contributed by atoms with E-state index in [0.29, 0.717) is 26.4 Å². The number of amides is 1. The summed E-state index contributed by atoms with van der Waals surface area (Å²) in [7, 11) is 3.14. The Bertz CT molecular complexity index is 862. The Labute approximate surface area is 154 Å². The first-order valence-electron chi connectivity index (χ1n) is 7.32. The van der Waals surface area contributed by atoms with E-state index < -0.39 is 0 Å². The van der Waals surface area contributed by atoms with E-state index in [2.05, 4.69) is 0 Å². The molecule has 2 aromatic rings. The predicted molar refractivity (Wildman–Crippen MR) is 103 cm³/mol. The normalized spacial score (nSPS) is 15.8. The molecule has 0 atom stereocenters. The van der Waals surface area contributed by atoms with Crippen LogP contribution in [-0.2, 0) is 4.79 Å². The van der Waals surface area contributed by atoms with Gasteiger partial charge in [0, 0.05) is 11.6 Å². The monoisotopic (exact) mass is 373 g/mol. The van der Waals surface area contributed by atoms with Gasteiger partial charge in [0.1, 0.15) is 17.2 Å². The summed E-state index contributed by atoms with van der Waals surface area (Å²) in [6.45, 7) is 0. The van der Waals surface area contributed by atoms with Gasteiger partial charge in [-0.25, -0.2) is 0 Å². The molecule has 1 aliphatic rings. The molecule has 2 aromatic carbocycles. The summed E-state index contributed by atoms with van der Waals surface area (Å²) in [6.07, 6.45) is 1.75. The zero-order chi connectivity index (χ0) is 18.0. The van der Waals surface area contributed by atoms with Crippen molar-refractivity contribution in [1.82, 2.24) is 0 Å². The molecule has 0 aliphatic carbocycles. The molecule has 0 spiro atoms. The number of rotatable bonds is 4. The SMILES string of the molecule is COc1ccc(C=C2SC(=S)N(c3ccc(O)cc3)C2=O)c(OC)c1. The molecule has 7 heteroatoms. The lowest BCUT2D eigenvalue weighted by Gasteiger charge is -2.14. The summed E-state index contributed by atoms with van der Waals surface area (Å²) in [5.41, 5.74) is 1.37. The molecular formula is C18H15NO4S2. The number of carbonyl (C=O) groups excluding carboxylic acids is 1. The molecule has 1 saturated heterocycles. The van der Waals surface area contributed by atoms with Gasteiger partial charge in [0.25, 0.3) is 5.91 Å². The number of hydrogen-bond acceptors (Lipinski definition) is 6. The van der Waals surface area contributed by atoms with Crippen molar-refractivity contribution in [3.63, 3.8) is 0 Å². The van der Waals surface area contributed by atoms with E-state index in [9.17, 15) is 9.90 Å². The van der Waals surface area contributed by atoms with E-state index in [1.54, 1.807) is 44.6 Å². The minimum absolute atomic E-state index is 0.132. The van der Waals surface area contributed by atoms with Crippen LogP contribution in [0.1, 0.15) is 5.56 Å². The largest absolute Gasteiger partial charge is 0.508 e. The van der Waals surface area contributed by atoms with Crippen molar-refractivity contribution in [2.24, 2.45) is 0 Å². The first-order valence-corrected chi connectivity index (χ1v) is 8.55. The number of anilines is 1. The third-order valence-electron chi connectivity index (χ3n) is 3.63. The highest BCUT2D eigenvalue weighted by Gasteiger charge is 2.33. The quantitative estimate of drug-likeness (QED) is 0.650. The fraction of sp³-hybridized carbons (Fsp3) is 0.111. The van der Waals surface area contributed by atoms with Gasteiger partial charge in [0.05, 0.1) is 24.8 Å². The fourth-order valence-electron chi connectivity index (χ4n) is 2.37. The second kappa shape index (κ2) is 7.16. The van der Waals surface area contributed by atoms with Crippen LogP contribution < -0.4 is 14.4 Å². The minimum atomic E-state index is -0.210. The van der Waals surface area contributed by atoms with Gasteiger partial charge in [-0.2, -0.15) is 0 Å². The average molecular weight is 373 g/mol. The second-order valence-corrected chi connectivity index (χ2v) is 6.82. The summed E-state index contributed by atoms with van der Waals surface area (Å²) < 4.78 is 11.0. The second-order valence-electron chi connectivity index (χ2n) is 5.14. The smallest absolute Gasteiger partial charge is 0.270 e. The van der Waals surface area contributed by atoms with Crippen LogP contribution in [0.15, 0.2) is 47.4 Å². The number of hydrogen-bond donors (Lipinski definition) is 1. The number of thiocarbonyl (C=S) groups is 1. The number of nitrogens with zero attached hydrogens (tertiary/aromatic N) is 1. The molecule has 1 fully saturated rings. The zero-order valence-electron chi connectivity index (χ0n) is 13.6. The zero-order valence-corrected chi connectivity index (χ0v) is 15.2. The maximum atomic E-state index is 12.7. The van der Waals surface area contributed by atoms with Gasteiger partial charge in [0.2, 0.25) is 0 Å². The lowest BCUT2D eigenvalue weighted by atomic mass is 10.1.